The Hall–Kier alpha value is -1.69. The van der Waals surface area contributed by atoms with Crippen LogP contribution in [0.1, 0.15) is 5.69 Å². The SMILES string of the molecule is Cc1ccc([N+](=O)[O-])c(N(C)CCO)n1. The van der Waals surface area contributed by atoms with E-state index < -0.39 is 4.92 Å². The van der Waals surface area contributed by atoms with Crippen molar-refractivity contribution in [3.63, 3.8) is 0 Å². The Kier molecular flexibility index (Phi) is 3.56. The van der Waals surface area contributed by atoms with Crippen molar-refractivity contribution in [1.82, 2.24) is 4.98 Å². The van der Waals surface area contributed by atoms with Crippen LogP contribution in [-0.2, 0) is 0 Å². The van der Waals surface area contributed by atoms with Gasteiger partial charge in [0, 0.05) is 25.4 Å². The molecule has 0 spiro atoms. The lowest BCUT2D eigenvalue weighted by atomic mass is 10.3. The first-order valence-corrected chi connectivity index (χ1v) is 4.50. The summed E-state index contributed by atoms with van der Waals surface area (Å²) in [6.07, 6.45) is 0. The molecule has 0 atom stereocenters. The van der Waals surface area contributed by atoms with Crippen molar-refractivity contribution in [2.24, 2.45) is 0 Å². The molecule has 0 bridgehead atoms. The lowest BCUT2D eigenvalue weighted by molar-refractivity contribution is -0.384. The third kappa shape index (κ3) is 2.63. The molecule has 15 heavy (non-hydrogen) atoms. The Balaban J connectivity index is 3.12. The summed E-state index contributed by atoms with van der Waals surface area (Å²) in [5.41, 5.74) is 0.664. The van der Waals surface area contributed by atoms with E-state index in [1.165, 1.54) is 6.07 Å². The average Bonchev–Trinajstić information content (AvgIpc) is 2.17. The van der Waals surface area contributed by atoms with E-state index >= 15 is 0 Å². The van der Waals surface area contributed by atoms with Gasteiger partial charge in [-0.05, 0) is 13.0 Å². The van der Waals surface area contributed by atoms with E-state index in [-0.39, 0.29) is 18.1 Å². The summed E-state index contributed by atoms with van der Waals surface area (Å²) in [7, 11) is 1.66. The van der Waals surface area contributed by atoms with Crippen molar-refractivity contribution in [3.05, 3.63) is 27.9 Å². The quantitative estimate of drug-likeness (QED) is 0.586. The van der Waals surface area contributed by atoms with Crippen LogP contribution in [0, 0.1) is 17.0 Å². The number of aryl methyl sites for hydroxylation is 1. The van der Waals surface area contributed by atoms with E-state index in [0.717, 1.165) is 0 Å². The number of rotatable bonds is 4. The number of aromatic nitrogens is 1. The van der Waals surface area contributed by atoms with Crippen molar-refractivity contribution in [1.29, 1.82) is 0 Å². The fourth-order valence-electron chi connectivity index (χ4n) is 1.21. The van der Waals surface area contributed by atoms with Crippen LogP contribution >= 0.6 is 0 Å². The number of likely N-dealkylation sites (N-methyl/N-ethyl adjacent to an activating group) is 1. The number of aliphatic hydroxyl groups is 1. The molecular formula is C9H13N3O3. The van der Waals surface area contributed by atoms with E-state index in [1.807, 2.05) is 0 Å². The highest BCUT2D eigenvalue weighted by Gasteiger charge is 2.18. The standard InChI is InChI=1S/C9H13N3O3/c1-7-3-4-8(12(14)15)9(10-7)11(2)5-6-13/h3-4,13H,5-6H2,1-2H3. The third-order valence-corrected chi connectivity index (χ3v) is 1.99. The first-order chi connectivity index (χ1) is 7.06. The largest absolute Gasteiger partial charge is 0.395 e. The molecule has 0 radical (unpaired) electrons. The van der Waals surface area contributed by atoms with E-state index in [9.17, 15) is 10.1 Å². The van der Waals surface area contributed by atoms with Crippen molar-refractivity contribution >= 4 is 11.5 Å². The van der Waals surface area contributed by atoms with E-state index in [4.69, 9.17) is 5.11 Å². The first kappa shape index (κ1) is 11.4. The maximum absolute atomic E-state index is 10.7. The van der Waals surface area contributed by atoms with E-state index in [2.05, 4.69) is 4.98 Å². The van der Waals surface area contributed by atoms with Gasteiger partial charge in [-0.3, -0.25) is 10.1 Å². The van der Waals surface area contributed by atoms with Crippen LogP contribution < -0.4 is 4.90 Å². The van der Waals surface area contributed by atoms with Crippen LogP contribution in [-0.4, -0.2) is 35.2 Å². The summed E-state index contributed by atoms with van der Waals surface area (Å²) in [6.45, 7) is 2.01. The molecule has 0 unspecified atom stereocenters. The van der Waals surface area contributed by atoms with Crippen LogP contribution in [0.25, 0.3) is 0 Å². The van der Waals surface area contributed by atoms with Crippen molar-refractivity contribution in [3.8, 4) is 0 Å². The van der Waals surface area contributed by atoms with Gasteiger partial charge in [0.05, 0.1) is 11.5 Å². The molecule has 0 amide bonds. The summed E-state index contributed by atoms with van der Waals surface area (Å²) >= 11 is 0. The molecule has 0 aromatic carbocycles. The molecular weight excluding hydrogens is 198 g/mol. The Morgan fingerprint density at radius 2 is 2.27 bits per heavy atom. The summed E-state index contributed by atoms with van der Waals surface area (Å²) in [5, 5.41) is 19.5. The second kappa shape index (κ2) is 4.70. The number of nitro groups is 1. The third-order valence-electron chi connectivity index (χ3n) is 1.99. The zero-order valence-corrected chi connectivity index (χ0v) is 8.67. The molecule has 1 heterocycles. The zero-order valence-electron chi connectivity index (χ0n) is 8.67. The molecule has 1 aromatic rings. The van der Waals surface area contributed by atoms with Gasteiger partial charge in [0.25, 0.3) is 0 Å². The average molecular weight is 211 g/mol. The maximum atomic E-state index is 10.7. The normalized spacial score (nSPS) is 10.1. The molecule has 1 rings (SSSR count). The Morgan fingerprint density at radius 1 is 1.60 bits per heavy atom. The predicted octanol–water partition coefficient (Wildman–Crippen LogP) is 0.727. The molecule has 6 nitrogen and oxygen atoms in total. The van der Waals surface area contributed by atoms with Gasteiger partial charge in [0.2, 0.25) is 5.82 Å². The van der Waals surface area contributed by atoms with E-state index in [0.29, 0.717) is 12.2 Å². The summed E-state index contributed by atoms with van der Waals surface area (Å²) in [6, 6.07) is 3.01. The maximum Gasteiger partial charge on any atom is 0.311 e. The van der Waals surface area contributed by atoms with Crippen LogP contribution in [0.2, 0.25) is 0 Å². The van der Waals surface area contributed by atoms with Gasteiger partial charge in [-0.2, -0.15) is 0 Å². The van der Waals surface area contributed by atoms with Crippen LogP contribution in [0.4, 0.5) is 11.5 Å². The highest BCUT2D eigenvalue weighted by atomic mass is 16.6. The molecule has 0 aliphatic heterocycles. The predicted molar refractivity (Wildman–Crippen MR) is 56.0 cm³/mol. The molecule has 0 saturated carbocycles. The number of pyridine rings is 1. The van der Waals surface area contributed by atoms with Gasteiger partial charge in [-0.15, -0.1) is 0 Å². The van der Waals surface area contributed by atoms with Gasteiger partial charge < -0.3 is 10.0 Å². The minimum Gasteiger partial charge on any atom is -0.395 e. The molecule has 0 aliphatic rings. The molecule has 0 fully saturated rings. The molecule has 82 valence electrons. The Bertz CT molecular complexity index is 368. The lowest BCUT2D eigenvalue weighted by Gasteiger charge is -2.16. The minimum absolute atomic E-state index is 0.0449. The fourth-order valence-corrected chi connectivity index (χ4v) is 1.21. The van der Waals surface area contributed by atoms with Crippen molar-refractivity contribution in [2.75, 3.05) is 25.1 Å². The summed E-state index contributed by atoms with van der Waals surface area (Å²) < 4.78 is 0. The Labute approximate surface area is 87.3 Å². The number of nitrogens with zero attached hydrogens (tertiary/aromatic N) is 3. The second-order valence-electron chi connectivity index (χ2n) is 3.20. The topological polar surface area (TPSA) is 79.5 Å². The van der Waals surface area contributed by atoms with Crippen molar-refractivity contribution in [2.45, 2.75) is 6.92 Å². The zero-order chi connectivity index (χ0) is 11.4. The first-order valence-electron chi connectivity index (χ1n) is 4.50. The molecule has 6 heteroatoms. The van der Waals surface area contributed by atoms with Gasteiger partial charge in [0.1, 0.15) is 0 Å². The number of anilines is 1. The summed E-state index contributed by atoms with van der Waals surface area (Å²) in [4.78, 5) is 15.9. The minimum atomic E-state index is -0.477. The number of aliphatic hydroxyl groups excluding tert-OH is 1. The summed E-state index contributed by atoms with van der Waals surface area (Å²) in [5.74, 6) is 0.286. The van der Waals surface area contributed by atoms with E-state index in [1.54, 1.807) is 24.9 Å². The van der Waals surface area contributed by atoms with Crippen molar-refractivity contribution < 1.29 is 10.0 Å². The second-order valence-corrected chi connectivity index (χ2v) is 3.20. The molecule has 0 saturated heterocycles. The van der Waals surface area contributed by atoms with Gasteiger partial charge in [0.15, 0.2) is 0 Å². The molecule has 1 N–H and O–H groups in total. The molecule has 1 aromatic heterocycles. The fraction of sp³-hybridized carbons (Fsp3) is 0.444. The van der Waals surface area contributed by atoms with Gasteiger partial charge >= 0.3 is 5.69 Å². The van der Waals surface area contributed by atoms with Crippen LogP contribution in [0.3, 0.4) is 0 Å². The highest BCUT2D eigenvalue weighted by Crippen LogP contribution is 2.24. The van der Waals surface area contributed by atoms with Crippen LogP contribution in [0.15, 0.2) is 12.1 Å². The molecule has 0 aliphatic carbocycles. The highest BCUT2D eigenvalue weighted by molar-refractivity contribution is 5.57. The van der Waals surface area contributed by atoms with Gasteiger partial charge in [-0.1, -0.05) is 0 Å². The smallest absolute Gasteiger partial charge is 0.311 e. The van der Waals surface area contributed by atoms with Crippen LogP contribution in [0.5, 0.6) is 0 Å². The monoisotopic (exact) mass is 211 g/mol. The Morgan fingerprint density at radius 3 is 2.80 bits per heavy atom. The number of hydrogen-bond acceptors (Lipinski definition) is 5. The van der Waals surface area contributed by atoms with Gasteiger partial charge in [-0.25, -0.2) is 4.98 Å². The lowest BCUT2D eigenvalue weighted by Crippen LogP contribution is -2.23. The number of hydrogen-bond donors (Lipinski definition) is 1.